The Hall–Kier alpha value is -3.22. The maximum absolute atomic E-state index is 13.3. The molecule has 5 rings (SSSR count). The number of hydrogen-bond donors (Lipinski definition) is 2. The lowest BCUT2D eigenvalue weighted by Gasteiger charge is -2.31. The van der Waals surface area contributed by atoms with E-state index in [9.17, 15) is 14.7 Å². The number of hydrogen-bond acceptors (Lipinski definition) is 3. The molecular formula is C22H24N4O3. The van der Waals surface area contributed by atoms with Crippen LogP contribution in [-0.4, -0.2) is 37.3 Å². The molecule has 2 aliphatic heterocycles. The van der Waals surface area contributed by atoms with Gasteiger partial charge in [0.25, 0.3) is 0 Å². The van der Waals surface area contributed by atoms with Crippen molar-refractivity contribution in [2.24, 2.45) is 0 Å². The van der Waals surface area contributed by atoms with Crippen molar-refractivity contribution in [3.8, 4) is 11.6 Å². The van der Waals surface area contributed by atoms with Crippen LogP contribution in [-0.2, 0) is 0 Å². The summed E-state index contributed by atoms with van der Waals surface area (Å²) in [5.41, 5.74) is 0.577. The lowest BCUT2D eigenvalue weighted by Crippen LogP contribution is -2.49. The largest absolute Gasteiger partial charge is 0.493 e. The molecule has 1 fully saturated rings. The van der Waals surface area contributed by atoms with E-state index in [0.717, 1.165) is 10.8 Å². The van der Waals surface area contributed by atoms with Crippen molar-refractivity contribution in [3.05, 3.63) is 58.6 Å². The summed E-state index contributed by atoms with van der Waals surface area (Å²) in [6.07, 6.45) is 0.659. The van der Waals surface area contributed by atoms with E-state index in [2.05, 4.69) is 5.32 Å². The molecule has 7 heteroatoms. The summed E-state index contributed by atoms with van der Waals surface area (Å²) >= 11 is 0. The van der Waals surface area contributed by atoms with Crippen molar-refractivity contribution in [2.45, 2.75) is 44.8 Å². The number of fused-ring (bicyclic) bond motifs is 6. The molecule has 0 radical (unpaired) electrons. The van der Waals surface area contributed by atoms with Crippen LogP contribution in [0.1, 0.15) is 45.0 Å². The first-order chi connectivity index (χ1) is 13.8. The molecule has 3 heterocycles. The fraction of sp³-hybridized carbons (Fsp3) is 0.364. The molecule has 3 aromatic rings. The minimum atomic E-state index is -0.352. The Bertz CT molecular complexity index is 1200. The van der Waals surface area contributed by atoms with Gasteiger partial charge < -0.3 is 15.3 Å². The molecule has 150 valence electrons. The highest BCUT2D eigenvalue weighted by Gasteiger charge is 2.49. The van der Waals surface area contributed by atoms with Crippen LogP contribution in [0.25, 0.3) is 16.5 Å². The molecule has 1 aromatic heterocycles. The number of urea groups is 1. The zero-order valence-electron chi connectivity index (χ0n) is 16.7. The van der Waals surface area contributed by atoms with E-state index >= 15 is 0 Å². The van der Waals surface area contributed by atoms with E-state index in [1.807, 2.05) is 63.2 Å². The lowest BCUT2D eigenvalue weighted by molar-refractivity contribution is 0.175. The van der Waals surface area contributed by atoms with Crippen LogP contribution in [0, 0.1) is 0 Å². The third kappa shape index (κ3) is 2.57. The van der Waals surface area contributed by atoms with Crippen LogP contribution in [0.4, 0.5) is 4.79 Å². The second kappa shape index (κ2) is 5.89. The zero-order chi connectivity index (χ0) is 20.5. The van der Waals surface area contributed by atoms with E-state index in [-0.39, 0.29) is 35.2 Å². The number of benzene rings is 2. The van der Waals surface area contributed by atoms with Gasteiger partial charge in [0.15, 0.2) is 0 Å². The summed E-state index contributed by atoms with van der Waals surface area (Å²) in [6, 6.07) is 12.9. The molecule has 29 heavy (non-hydrogen) atoms. The van der Waals surface area contributed by atoms with Gasteiger partial charge in [0.1, 0.15) is 5.69 Å². The standard InChI is InChI=1S/C22H24N4O3/c1-22(2,3)23-20(28)24-12-14-11-17(24)18-19(27)26(21(29)25(14)18)16-10-6-8-13-7-4-5-9-15(13)16/h4-10,14,17,27H,11-12H2,1-3H3,(H,23,28)/t14-,17-/m0/s1. The Morgan fingerprint density at radius 2 is 1.86 bits per heavy atom. The summed E-state index contributed by atoms with van der Waals surface area (Å²) in [4.78, 5) is 27.7. The monoisotopic (exact) mass is 392 g/mol. The summed E-state index contributed by atoms with van der Waals surface area (Å²) in [7, 11) is 0. The molecule has 0 spiro atoms. The Balaban J connectivity index is 1.62. The van der Waals surface area contributed by atoms with Crippen LogP contribution in [0.2, 0.25) is 0 Å². The molecule has 1 saturated heterocycles. The maximum atomic E-state index is 13.3. The number of imidazole rings is 1. The van der Waals surface area contributed by atoms with Crippen LogP contribution >= 0.6 is 0 Å². The van der Waals surface area contributed by atoms with Gasteiger partial charge in [-0.05, 0) is 38.6 Å². The van der Waals surface area contributed by atoms with Crippen LogP contribution in [0.3, 0.4) is 0 Å². The van der Waals surface area contributed by atoms with Gasteiger partial charge in [0.2, 0.25) is 5.88 Å². The predicted molar refractivity (Wildman–Crippen MR) is 111 cm³/mol. The van der Waals surface area contributed by atoms with Gasteiger partial charge in [-0.25, -0.2) is 14.2 Å². The number of nitrogens with one attached hydrogen (secondary N) is 1. The van der Waals surface area contributed by atoms with Gasteiger partial charge in [0.05, 0.1) is 17.8 Å². The summed E-state index contributed by atoms with van der Waals surface area (Å²) in [5, 5.41) is 16.0. The minimum Gasteiger partial charge on any atom is -0.493 e. The fourth-order valence-corrected chi connectivity index (χ4v) is 4.68. The van der Waals surface area contributed by atoms with Crippen molar-refractivity contribution in [1.29, 1.82) is 0 Å². The van der Waals surface area contributed by atoms with E-state index in [1.165, 1.54) is 4.57 Å². The van der Waals surface area contributed by atoms with Gasteiger partial charge in [0, 0.05) is 17.5 Å². The van der Waals surface area contributed by atoms with Crippen molar-refractivity contribution < 1.29 is 9.90 Å². The Labute approximate surface area is 168 Å². The normalized spacial score (nSPS) is 20.3. The van der Waals surface area contributed by atoms with E-state index in [0.29, 0.717) is 24.3 Å². The summed E-state index contributed by atoms with van der Waals surface area (Å²) < 4.78 is 3.05. The number of aromatic nitrogens is 2. The second-order valence-electron chi connectivity index (χ2n) is 8.93. The topological polar surface area (TPSA) is 79.5 Å². The van der Waals surface area contributed by atoms with E-state index in [1.54, 1.807) is 9.47 Å². The first-order valence-corrected chi connectivity index (χ1v) is 9.89. The first kappa shape index (κ1) is 17.8. The lowest BCUT2D eigenvalue weighted by atomic mass is 10.1. The molecule has 2 aliphatic rings. The molecule has 2 atom stereocenters. The van der Waals surface area contributed by atoms with Crippen molar-refractivity contribution in [2.75, 3.05) is 6.54 Å². The van der Waals surface area contributed by atoms with E-state index < -0.39 is 0 Å². The quantitative estimate of drug-likeness (QED) is 0.667. The first-order valence-electron chi connectivity index (χ1n) is 9.89. The van der Waals surface area contributed by atoms with Gasteiger partial charge in [-0.15, -0.1) is 0 Å². The number of amides is 2. The molecule has 7 nitrogen and oxygen atoms in total. The Morgan fingerprint density at radius 1 is 1.14 bits per heavy atom. The Morgan fingerprint density at radius 3 is 2.62 bits per heavy atom. The van der Waals surface area contributed by atoms with Gasteiger partial charge in [-0.1, -0.05) is 36.4 Å². The average Bonchev–Trinajstić information content (AvgIpc) is 3.32. The molecule has 0 aliphatic carbocycles. The molecule has 0 saturated carbocycles. The molecule has 2 N–H and O–H groups in total. The number of nitrogens with zero attached hydrogens (tertiary/aromatic N) is 3. The average molecular weight is 392 g/mol. The number of carbonyl (C=O) groups is 1. The highest BCUT2D eigenvalue weighted by molar-refractivity contribution is 5.90. The maximum Gasteiger partial charge on any atom is 0.336 e. The highest BCUT2D eigenvalue weighted by Crippen LogP contribution is 2.48. The summed E-state index contributed by atoms with van der Waals surface area (Å²) in [6.45, 7) is 6.27. The molecular weight excluding hydrogens is 368 g/mol. The SMILES string of the molecule is CC(C)(C)NC(=O)N1C[C@@H]2C[C@H]1c1c(O)n(-c3cccc4ccccc34)c(=O)n12. The highest BCUT2D eigenvalue weighted by atomic mass is 16.3. The van der Waals surface area contributed by atoms with Gasteiger partial charge in [-0.2, -0.15) is 0 Å². The third-order valence-electron chi connectivity index (χ3n) is 5.81. The van der Waals surface area contributed by atoms with E-state index in [4.69, 9.17) is 0 Å². The second-order valence-corrected chi connectivity index (χ2v) is 8.93. The molecule has 2 aromatic carbocycles. The smallest absolute Gasteiger partial charge is 0.336 e. The summed E-state index contributed by atoms with van der Waals surface area (Å²) in [5.74, 6) is -0.0767. The molecule has 2 amide bonds. The number of rotatable bonds is 1. The number of carbonyl (C=O) groups excluding carboxylic acids is 1. The van der Waals surface area contributed by atoms with Gasteiger partial charge >= 0.3 is 11.7 Å². The van der Waals surface area contributed by atoms with Gasteiger partial charge in [-0.3, -0.25) is 4.57 Å². The zero-order valence-corrected chi connectivity index (χ0v) is 16.7. The van der Waals surface area contributed by atoms with Crippen LogP contribution in [0.5, 0.6) is 5.88 Å². The van der Waals surface area contributed by atoms with Crippen molar-refractivity contribution in [1.82, 2.24) is 19.4 Å². The predicted octanol–water partition coefficient (Wildman–Crippen LogP) is 3.31. The third-order valence-corrected chi connectivity index (χ3v) is 5.81. The molecule has 0 unspecified atom stereocenters. The number of aromatic hydroxyl groups is 1. The van der Waals surface area contributed by atoms with Crippen molar-refractivity contribution in [3.63, 3.8) is 0 Å². The minimum absolute atomic E-state index is 0.0767. The van der Waals surface area contributed by atoms with Crippen molar-refractivity contribution >= 4 is 16.8 Å². The van der Waals surface area contributed by atoms with Crippen LogP contribution in [0.15, 0.2) is 47.3 Å². The molecule has 2 bridgehead atoms. The number of likely N-dealkylation sites (tertiary alicyclic amines) is 1. The van der Waals surface area contributed by atoms with Crippen LogP contribution < -0.4 is 11.0 Å². The fourth-order valence-electron chi connectivity index (χ4n) is 4.68. The Kier molecular flexibility index (Phi) is 3.62.